The summed E-state index contributed by atoms with van der Waals surface area (Å²) < 4.78 is 16.4. The molecule has 20 heavy (non-hydrogen) atoms. The Morgan fingerprint density at radius 1 is 1.10 bits per heavy atom. The predicted octanol–water partition coefficient (Wildman–Crippen LogP) is 3.17. The van der Waals surface area contributed by atoms with Gasteiger partial charge in [0.15, 0.2) is 11.5 Å². The van der Waals surface area contributed by atoms with Gasteiger partial charge in [-0.05, 0) is 36.9 Å². The van der Waals surface area contributed by atoms with Crippen molar-refractivity contribution in [1.82, 2.24) is 5.32 Å². The molecule has 108 valence electrons. The van der Waals surface area contributed by atoms with Crippen molar-refractivity contribution in [1.29, 1.82) is 0 Å². The second-order valence-electron chi connectivity index (χ2n) is 4.49. The van der Waals surface area contributed by atoms with E-state index >= 15 is 0 Å². The van der Waals surface area contributed by atoms with Crippen LogP contribution in [0, 0.1) is 0 Å². The molecule has 0 radical (unpaired) electrons. The van der Waals surface area contributed by atoms with Crippen molar-refractivity contribution >= 4 is 0 Å². The molecule has 4 nitrogen and oxygen atoms in total. The monoisotopic (exact) mass is 275 g/mol. The number of ether oxygens (including phenoxy) is 2. The first kappa shape index (κ1) is 14.5. The normalized spacial score (nSPS) is 12.2. The van der Waals surface area contributed by atoms with E-state index in [1.807, 2.05) is 37.4 Å². The Kier molecular flexibility index (Phi) is 4.69. The van der Waals surface area contributed by atoms with Gasteiger partial charge in [0.05, 0.1) is 20.3 Å². The van der Waals surface area contributed by atoms with Crippen LogP contribution in [0.15, 0.2) is 34.7 Å². The van der Waals surface area contributed by atoms with E-state index in [-0.39, 0.29) is 6.04 Å². The van der Waals surface area contributed by atoms with E-state index in [0.29, 0.717) is 5.75 Å². The summed E-state index contributed by atoms with van der Waals surface area (Å²) in [6, 6.07) is 9.90. The fourth-order valence-electron chi connectivity index (χ4n) is 2.25. The molecule has 2 rings (SSSR count). The minimum atomic E-state index is -0.00453. The summed E-state index contributed by atoms with van der Waals surface area (Å²) in [5, 5.41) is 3.27. The van der Waals surface area contributed by atoms with E-state index in [4.69, 9.17) is 13.9 Å². The smallest absolute Gasteiger partial charge is 0.161 e. The lowest BCUT2D eigenvalue weighted by Crippen LogP contribution is -2.17. The lowest BCUT2D eigenvalue weighted by atomic mass is 10.0. The molecule has 4 heteroatoms. The number of rotatable bonds is 6. The maximum atomic E-state index is 5.84. The summed E-state index contributed by atoms with van der Waals surface area (Å²) >= 11 is 0. The third-order valence-electron chi connectivity index (χ3n) is 3.35. The summed E-state index contributed by atoms with van der Waals surface area (Å²) in [5.41, 5.74) is 1.07. The van der Waals surface area contributed by atoms with E-state index in [1.54, 1.807) is 14.2 Å². The Labute approximate surface area is 119 Å². The summed E-state index contributed by atoms with van der Waals surface area (Å²) in [4.78, 5) is 0. The summed E-state index contributed by atoms with van der Waals surface area (Å²) in [5.74, 6) is 3.32. The average Bonchev–Trinajstić information content (AvgIpc) is 2.96. The van der Waals surface area contributed by atoms with Crippen molar-refractivity contribution in [2.24, 2.45) is 0 Å². The van der Waals surface area contributed by atoms with Crippen LogP contribution in [0.25, 0.3) is 0 Å². The van der Waals surface area contributed by atoms with Crippen molar-refractivity contribution in [2.75, 3.05) is 21.3 Å². The molecular weight excluding hydrogens is 254 g/mol. The Hall–Kier alpha value is -1.94. The lowest BCUT2D eigenvalue weighted by Gasteiger charge is -2.16. The molecule has 0 bridgehead atoms. The zero-order valence-corrected chi connectivity index (χ0v) is 12.4. The van der Waals surface area contributed by atoms with E-state index in [2.05, 4.69) is 12.2 Å². The molecule has 1 aromatic carbocycles. The van der Waals surface area contributed by atoms with E-state index < -0.39 is 0 Å². The molecule has 0 saturated heterocycles. The standard InChI is InChI=1S/C16H21NO3/c1-5-12-7-9-14(20-12)16(17-2)11-6-8-13(18-3)15(10-11)19-4/h6-10,16-17H,5H2,1-4H3. The Balaban J connectivity index is 2.36. The molecule has 0 aliphatic rings. The molecule has 1 aromatic heterocycles. The quantitative estimate of drug-likeness (QED) is 0.879. The van der Waals surface area contributed by atoms with Crippen LogP contribution in [0.5, 0.6) is 11.5 Å². The van der Waals surface area contributed by atoms with Crippen molar-refractivity contribution in [3.63, 3.8) is 0 Å². The Bertz CT molecular complexity index is 563. The van der Waals surface area contributed by atoms with Crippen LogP contribution in [0.4, 0.5) is 0 Å². The van der Waals surface area contributed by atoms with Gasteiger partial charge in [-0.15, -0.1) is 0 Å². The number of furan rings is 1. The van der Waals surface area contributed by atoms with Gasteiger partial charge in [-0.1, -0.05) is 13.0 Å². The number of benzene rings is 1. The largest absolute Gasteiger partial charge is 0.493 e. The van der Waals surface area contributed by atoms with Gasteiger partial charge in [0.1, 0.15) is 11.5 Å². The van der Waals surface area contributed by atoms with Crippen LogP contribution in [0.1, 0.15) is 30.0 Å². The van der Waals surface area contributed by atoms with Gasteiger partial charge in [-0.25, -0.2) is 0 Å². The fourth-order valence-corrected chi connectivity index (χ4v) is 2.25. The first-order chi connectivity index (χ1) is 9.73. The zero-order valence-electron chi connectivity index (χ0n) is 12.4. The molecule has 1 unspecified atom stereocenters. The number of hydrogen-bond donors (Lipinski definition) is 1. The fraction of sp³-hybridized carbons (Fsp3) is 0.375. The highest BCUT2D eigenvalue weighted by molar-refractivity contribution is 5.45. The van der Waals surface area contributed by atoms with Crippen LogP contribution in [-0.4, -0.2) is 21.3 Å². The SMILES string of the molecule is CCc1ccc(C(NC)c2ccc(OC)c(OC)c2)o1. The molecule has 0 saturated carbocycles. The molecule has 1 atom stereocenters. The predicted molar refractivity (Wildman–Crippen MR) is 78.5 cm³/mol. The molecular formula is C16H21NO3. The molecule has 2 aromatic rings. The number of aryl methyl sites for hydroxylation is 1. The van der Waals surface area contributed by atoms with Crippen molar-refractivity contribution < 1.29 is 13.9 Å². The summed E-state index contributed by atoms with van der Waals surface area (Å²) in [6.07, 6.45) is 0.891. The molecule has 0 spiro atoms. The van der Waals surface area contributed by atoms with Crippen molar-refractivity contribution in [3.8, 4) is 11.5 Å². The van der Waals surface area contributed by atoms with Crippen molar-refractivity contribution in [2.45, 2.75) is 19.4 Å². The molecule has 1 N–H and O–H groups in total. The molecule has 0 aliphatic carbocycles. The highest BCUT2D eigenvalue weighted by Gasteiger charge is 2.17. The van der Waals surface area contributed by atoms with Gasteiger partial charge in [0.25, 0.3) is 0 Å². The van der Waals surface area contributed by atoms with Gasteiger partial charge in [-0.3, -0.25) is 0 Å². The second kappa shape index (κ2) is 6.48. The van der Waals surface area contributed by atoms with Crippen LogP contribution < -0.4 is 14.8 Å². The third kappa shape index (κ3) is 2.80. The topological polar surface area (TPSA) is 43.6 Å². The summed E-state index contributed by atoms with van der Waals surface area (Å²) in [6.45, 7) is 2.08. The maximum Gasteiger partial charge on any atom is 0.161 e. The first-order valence-corrected chi connectivity index (χ1v) is 6.71. The number of hydrogen-bond acceptors (Lipinski definition) is 4. The zero-order chi connectivity index (χ0) is 14.5. The molecule has 0 aliphatic heterocycles. The molecule has 0 amide bonds. The van der Waals surface area contributed by atoms with Crippen LogP contribution in [0.3, 0.4) is 0 Å². The van der Waals surface area contributed by atoms with E-state index in [0.717, 1.165) is 29.3 Å². The number of methoxy groups -OCH3 is 2. The van der Waals surface area contributed by atoms with Gasteiger partial charge < -0.3 is 19.2 Å². The van der Waals surface area contributed by atoms with Gasteiger partial charge >= 0.3 is 0 Å². The van der Waals surface area contributed by atoms with Crippen molar-refractivity contribution in [3.05, 3.63) is 47.4 Å². The second-order valence-corrected chi connectivity index (χ2v) is 4.49. The first-order valence-electron chi connectivity index (χ1n) is 6.71. The van der Waals surface area contributed by atoms with Gasteiger partial charge in [0, 0.05) is 6.42 Å². The van der Waals surface area contributed by atoms with Crippen LogP contribution in [0.2, 0.25) is 0 Å². The Morgan fingerprint density at radius 3 is 2.40 bits per heavy atom. The number of nitrogens with one attached hydrogen (secondary N) is 1. The minimum absolute atomic E-state index is 0.00453. The lowest BCUT2D eigenvalue weighted by molar-refractivity contribution is 0.353. The van der Waals surface area contributed by atoms with Crippen LogP contribution >= 0.6 is 0 Å². The highest BCUT2D eigenvalue weighted by Crippen LogP contribution is 2.32. The molecule has 1 heterocycles. The average molecular weight is 275 g/mol. The molecule has 0 fully saturated rings. The minimum Gasteiger partial charge on any atom is -0.493 e. The van der Waals surface area contributed by atoms with E-state index in [9.17, 15) is 0 Å². The van der Waals surface area contributed by atoms with Gasteiger partial charge in [-0.2, -0.15) is 0 Å². The van der Waals surface area contributed by atoms with Gasteiger partial charge in [0.2, 0.25) is 0 Å². The maximum absolute atomic E-state index is 5.84. The Morgan fingerprint density at radius 2 is 1.85 bits per heavy atom. The van der Waals surface area contributed by atoms with E-state index in [1.165, 1.54) is 0 Å². The highest BCUT2D eigenvalue weighted by atomic mass is 16.5. The van der Waals surface area contributed by atoms with Crippen LogP contribution in [-0.2, 0) is 6.42 Å². The third-order valence-corrected chi connectivity index (χ3v) is 3.35. The summed E-state index contributed by atoms with van der Waals surface area (Å²) in [7, 11) is 5.18.